The smallest absolute Gasteiger partial charge is 0.407 e. The second-order valence-corrected chi connectivity index (χ2v) is 4.93. The molecule has 1 rings (SSSR count). The van der Waals surface area contributed by atoms with Crippen LogP contribution in [0.4, 0.5) is 4.79 Å². The molecule has 0 aromatic rings. The third-order valence-corrected chi connectivity index (χ3v) is 3.43. The summed E-state index contributed by atoms with van der Waals surface area (Å²) in [5.41, 5.74) is 0. The molecule has 1 heterocycles. The number of carboxylic acid groups (broad SMARTS) is 1. The van der Waals surface area contributed by atoms with E-state index in [9.17, 15) is 13.2 Å². The SMILES string of the molecule is NS(=O)(=O)C1CCCN(C(=O)O)C1. The van der Waals surface area contributed by atoms with Crippen molar-refractivity contribution in [3.8, 4) is 0 Å². The number of amides is 1. The van der Waals surface area contributed by atoms with Crippen LogP contribution in [-0.2, 0) is 10.0 Å². The molecular formula is C6H12N2O4S. The fourth-order valence-corrected chi connectivity index (χ4v) is 2.26. The number of likely N-dealkylation sites (tertiary alicyclic amines) is 1. The van der Waals surface area contributed by atoms with Crippen LogP contribution in [0.2, 0.25) is 0 Å². The minimum Gasteiger partial charge on any atom is -0.465 e. The Kier molecular flexibility index (Phi) is 2.77. The molecule has 0 spiro atoms. The van der Waals surface area contributed by atoms with E-state index in [1.54, 1.807) is 0 Å². The third kappa shape index (κ3) is 2.56. The van der Waals surface area contributed by atoms with Gasteiger partial charge in [0.1, 0.15) is 0 Å². The van der Waals surface area contributed by atoms with E-state index in [1.165, 1.54) is 0 Å². The maximum atomic E-state index is 10.9. The fraction of sp³-hybridized carbons (Fsp3) is 0.833. The third-order valence-electron chi connectivity index (χ3n) is 2.11. The Hall–Kier alpha value is -0.820. The van der Waals surface area contributed by atoms with Crippen LogP contribution in [0.3, 0.4) is 0 Å². The van der Waals surface area contributed by atoms with Gasteiger partial charge in [0.2, 0.25) is 10.0 Å². The van der Waals surface area contributed by atoms with Gasteiger partial charge in [-0.05, 0) is 12.8 Å². The second-order valence-electron chi connectivity index (χ2n) is 3.08. The Morgan fingerprint density at radius 2 is 2.15 bits per heavy atom. The standard InChI is InChI=1S/C6H12N2O4S/c7-13(11,12)5-2-1-3-8(4-5)6(9)10/h5H,1-4H2,(H,9,10)(H2,7,11,12). The van der Waals surface area contributed by atoms with Crippen molar-refractivity contribution in [1.82, 2.24) is 4.90 Å². The van der Waals surface area contributed by atoms with Crippen LogP contribution in [0.15, 0.2) is 0 Å². The van der Waals surface area contributed by atoms with Gasteiger partial charge in [-0.15, -0.1) is 0 Å². The molecule has 0 bridgehead atoms. The highest BCUT2D eigenvalue weighted by Gasteiger charge is 2.30. The van der Waals surface area contributed by atoms with Gasteiger partial charge in [0.05, 0.1) is 5.25 Å². The molecule has 76 valence electrons. The molecule has 0 aromatic heterocycles. The highest BCUT2D eigenvalue weighted by molar-refractivity contribution is 7.89. The van der Waals surface area contributed by atoms with E-state index in [1.807, 2.05) is 0 Å². The summed E-state index contributed by atoms with van der Waals surface area (Å²) in [4.78, 5) is 11.6. The molecule has 1 unspecified atom stereocenters. The molecule has 1 atom stereocenters. The fourth-order valence-electron chi connectivity index (χ4n) is 1.38. The number of rotatable bonds is 1. The van der Waals surface area contributed by atoms with Gasteiger partial charge < -0.3 is 10.0 Å². The molecule has 0 aromatic carbocycles. The molecule has 1 aliphatic rings. The highest BCUT2D eigenvalue weighted by Crippen LogP contribution is 2.14. The van der Waals surface area contributed by atoms with E-state index in [0.717, 1.165) is 4.90 Å². The summed E-state index contributed by atoms with van der Waals surface area (Å²) < 4.78 is 21.8. The summed E-state index contributed by atoms with van der Waals surface area (Å²) in [5.74, 6) is 0. The lowest BCUT2D eigenvalue weighted by molar-refractivity contribution is 0.136. The van der Waals surface area contributed by atoms with Crippen molar-refractivity contribution >= 4 is 16.1 Å². The zero-order valence-electron chi connectivity index (χ0n) is 7.01. The first-order valence-electron chi connectivity index (χ1n) is 3.91. The van der Waals surface area contributed by atoms with E-state index >= 15 is 0 Å². The van der Waals surface area contributed by atoms with Crippen LogP contribution in [0.1, 0.15) is 12.8 Å². The van der Waals surface area contributed by atoms with Gasteiger partial charge in [0.15, 0.2) is 0 Å². The quantitative estimate of drug-likeness (QED) is 0.601. The van der Waals surface area contributed by atoms with E-state index < -0.39 is 21.4 Å². The van der Waals surface area contributed by atoms with Gasteiger partial charge in [0.25, 0.3) is 0 Å². The van der Waals surface area contributed by atoms with Crippen LogP contribution in [-0.4, -0.2) is 42.9 Å². The molecule has 0 aliphatic carbocycles. The molecule has 0 saturated carbocycles. The lowest BCUT2D eigenvalue weighted by Crippen LogP contribution is -2.46. The number of nitrogens with zero attached hydrogens (tertiary/aromatic N) is 1. The van der Waals surface area contributed by atoms with Crippen molar-refractivity contribution in [2.45, 2.75) is 18.1 Å². The summed E-state index contributed by atoms with van der Waals surface area (Å²) in [6.45, 7) is 0.384. The van der Waals surface area contributed by atoms with Gasteiger partial charge >= 0.3 is 6.09 Å². The Balaban J connectivity index is 2.67. The van der Waals surface area contributed by atoms with Gasteiger partial charge in [-0.25, -0.2) is 18.4 Å². The topological polar surface area (TPSA) is 101 Å². The molecule has 1 saturated heterocycles. The first-order valence-corrected chi connectivity index (χ1v) is 5.51. The molecule has 1 amide bonds. The van der Waals surface area contributed by atoms with Crippen LogP contribution in [0.5, 0.6) is 0 Å². The van der Waals surface area contributed by atoms with Gasteiger partial charge in [0, 0.05) is 13.1 Å². The Bertz CT molecular complexity index is 300. The lowest BCUT2D eigenvalue weighted by atomic mass is 10.1. The predicted octanol–water partition coefficient (Wildman–Crippen LogP) is -0.583. The molecule has 6 nitrogen and oxygen atoms in total. The number of nitrogens with two attached hydrogens (primary N) is 1. The minimum absolute atomic E-state index is 0.00579. The van der Waals surface area contributed by atoms with Crippen LogP contribution in [0.25, 0.3) is 0 Å². The number of piperidine rings is 1. The molecule has 7 heteroatoms. The molecule has 13 heavy (non-hydrogen) atoms. The van der Waals surface area contributed by atoms with Crippen LogP contribution < -0.4 is 5.14 Å². The van der Waals surface area contributed by atoms with E-state index in [2.05, 4.69) is 0 Å². The summed E-state index contributed by atoms with van der Waals surface area (Å²) in [5, 5.41) is 12.8. The van der Waals surface area contributed by atoms with Gasteiger partial charge in [-0.2, -0.15) is 0 Å². The maximum absolute atomic E-state index is 10.9. The summed E-state index contributed by atoms with van der Waals surface area (Å²) in [7, 11) is -3.60. The van der Waals surface area contributed by atoms with Crippen molar-refractivity contribution in [3.05, 3.63) is 0 Å². The number of sulfonamides is 1. The normalized spacial score (nSPS) is 24.4. The Morgan fingerprint density at radius 1 is 1.54 bits per heavy atom. The number of hydrogen-bond donors (Lipinski definition) is 2. The minimum atomic E-state index is -3.60. The summed E-state index contributed by atoms with van der Waals surface area (Å²) in [6.07, 6.45) is -0.0934. The maximum Gasteiger partial charge on any atom is 0.407 e. The molecule has 1 fully saturated rings. The number of hydrogen-bond acceptors (Lipinski definition) is 3. The zero-order valence-corrected chi connectivity index (χ0v) is 7.83. The van der Waals surface area contributed by atoms with Crippen molar-refractivity contribution < 1.29 is 18.3 Å². The van der Waals surface area contributed by atoms with Crippen molar-refractivity contribution in [1.29, 1.82) is 0 Å². The zero-order chi connectivity index (χ0) is 10.1. The number of carbonyl (C=O) groups is 1. The predicted molar refractivity (Wildman–Crippen MR) is 45.7 cm³/mol. The summed E-state index contributed by atoms with van der Waals surface area (Å²) in [6, 6.07) is 0. The molecule has 0 radical (unpaired) electrons. The van der Waals surface area contributed by atoms with Crippen LogP contribution in [0, 0.1) is 0 Å². The average Bonchev–Trinajstić information content (AvgIpc) is 2.03. The Morgan fingerprint density at radius 3 is 2.62 bits per heavy atom. The van der Waals surface area contributed by atoms with Gasteiger partial charge in [-0.3, -0.25) is 0 Å². The Labute approximate surface area is 76.4 Å². The summed E-state index contributed by atoms with van der Waals surface area (Å²) >= 11 is 0. The monoisotopic (exact) mass is 208 g/mol. The first-order chi connectivity index (χ1) is 5.91. The van der Waals surface area contributed by atoms with Crippen molar-refractivity contribution in [3.63, 3.8) is 0 Å². The number of primary sulfonamides is 1. The van der Waals surface area contributed by atoms with Crippen molar-refractivity contribution in [2.75, 3.05) is 13.1 Å². The van der Waals surface area contributed by atoms with E-state index in [4.69, 9.17) is 10.2 Å². The lowest BCUT2D eigenvalue weighted by Gasteiger charge is -2.29. The average molecular weight is 208 g/mol. The highest BCUT2D eigenvalue weighted by atomic mass is 32.2. The van der Waals surface area contributed by atoms with E-state index in [-0.39, 0.29) is 6.54 Å². The molecular weight excluding hydrogens is 196 g/mol. The largest absolute Gasteiger partial charge is 0.465 e. The van der Waals surface area contributed by atoms with Crippen LogP contribution >= 0.6 is 0 Å². The van der Waals surface area contributed by atoms with Crippen molar-refractivity contribution in [2.24, 2.45) is 5.14 Å². The first kappa shape index (κ1) is 10.3. The second kappa shape index (κ2) is 3.51. The molecule has 1 aliphatic heterocycles. The molecule has 3 N–H and O–H groups in total. The van der Waals surface area contributed by atoms with E-state index in [0.29, 0.717) is 19.4 Å². The van der Waals surface area contributed by atoms with Gasteiger partial charge in [-0.1, -0.05) is 0 Å².